The summed E-state index contributed by atoms with van der Waals surface area (Å²) in [6.45, 7) is 9.13. The monoisotopic (exact) mass is 248 g/mol. The van der Waals surface area contributed by atoms with E-state index in [9.17, 15) is 0 Å². The highest BCUT2D eigenvalue weighted by molar-refractivity contribution is 4.91. The fourth-order valence-electron chi connectivity index (χ4n) is 1.44. The van der Waals surface area contributed by atoms with Gasteiger partial charge in [-0.2, -0.15) is 20.8 Å². The predicted molar refractivity (Wildman–Crippen MR) is 71.8 cm³/mol. The third-order valence-electron chi connectivity index (χ3n) is 2.83. The zero-order valence-corrected chi connectivity index (χ0v) is 12.0. The van der Waals surface area contributed by atoms with Crippen molar-refractivity contribution in [1.29, 1.82) is 10.5 Å². The summed E-state index contributed by atoms with van der Waals surface area (Å²) in [6.07, 6.45) is 3.50. The largest absolute Gasteiger partial charge is 0.198 e. The molecule has 0 bridgehead atoms. The van der Waals surface area contributed by atoms with Crippen LogP contribution < -0.4 is 0 Å². The minimum atomic E-state index is -0.258. The Hall–Kier alpha value is -1.42. The number of azo groups is 1. The second kappa shape index (κ2) is 7.82. The van der Waals surface area contributed by atoms with Crippen LogP contribution in [0.3, 0.4) is 0 Å². The Morgan fingerprint density at radius 2 is 1.11 bits per heavy atom. The lowest BCUT2D eigenvalue weighted by atomic mass is 9.90. The summed E-state index contributed by atoms with van der Waals surface area (Å²) in [5, 5.41) is 25.8. The van der Waals surface area contributed by atoms with E-state index in [1.54, 1.807) is 0 Å². The Bertz CT molecular complexity index is 308. The topological polar surface area (TPSA) is 72.3 Å². The second-order valence-electron chi connectivity index (χ2n) is 5.93. The number of nitrogens with zero attached hydrogens (tertiary/aromatic N) is 4. The molecule has 0 aromatic heterocycles. The third kappa shape index (κ3) is 8.70. The number of hydrogen-bond donors (Lipinski definition) is 0. The summed E-state index contributed by atoms with van der Waals surface area (Å²) in [6, 6.07) is 4.55. The van der Waals surface area contributed by atoms with E-state index in [1.165, 1.54) is 0 Å². The third-order valence-corrected chi connectivity index (χ3v) is 2.83. The van der Waals surface area contributed by atoms with Gasteiger partial charge in [-0.25, -0.2) is 0 Å². The van der Waals surface area contributed by atoms with Crippen LogP contribution in [0.2, 0.25) is 0 Å². The van der Waals surface area contributed by atoms with Gasteiger partial charge in [0, 0.05) is 0 Å². The van der Waals surface area contributed by atoms with Gasteiger partial charge < -0.3 is 0 Å². The van der Waals surface area contributed by atoms with Gasteiger partial charge in [-0.15, -0.1) is 0 Å². The molecule has 0 aliphatic rings. The molecule has 0 amide bonds. The maximum Gasteiger partial charge on any atom is 0.0683 e. The molecular weight excluding hydrogens is 224 g/mol. The molecular formula is C14H24N4. The van der Waals surface area contributed by atoms with Crippen LogP contribution in [0.25, 0.3) is 0 Å². The van der Waals surface area contributed by atoms with Crippen molar-refractivity contribution in [1.82, 2.24) is 0 Å². The standard InChI is InChI=1S/C14H24N4/c1-13(2,11-15)7-5-9-17-18-10-6-8-14(3,4)12-16/h5-10H2,1-4H3. The van der Waals surface area contributed by atoms with Crippen LogP contribution in [0.1, 0.15) is 53.4 Å². The van der Waals surface area contributed by atoms with Crippen molar-refractivity contribution >= 4 is 0 Å². The van der Waals surface area contributed by atoms with Crippen molar-refractivity contribution in [2.24, 2.45) is 21.1 Å². The Morgan fingerprint density at radius 3 is 1.39 bits per heavy atom. The average Bonchev–Trinajstić information content (AvgIpc) is 2.32. The summed E-state index contributed by atoms with van der Waals surface area (Å²) in [7, 11) is 0. The molecule has 18 heavy (non-hydrogen) atoms. The van der Waals surface area contributed by atoms with E-state index in [2.05, 4.69) is 22.4 Å². The van der Waals surface area contributed by atoms with Gasteiger partial charge in [0.2, 0.25) is 0 Å². The van der Waals surface area contributed by atoms with Crippen LogP contribution in [0.5, 0.6) is 0 Å². The lowest BCUT2D eigenvalue weighted by Gasteiger charge is -2.13. The fourth-order valence-corrected chi connectivity index (χ4v) is 1.44. The lowest BCUT2D eigenvalue weighted by molar-refractivity contribution is 0.430. The molecule has 100 valence electrons. The van der Waals surface area contributed by atoms with Gasteiger partial charge in [0.15, 0.2) is 0 Å². The second-order valence-corrected chi connectivity index (χ2v) is 5.93. The van der Waals surface area contributed by atoms with Crippen LogP contribution in [0.4, 0.5) is 0 Å². The first-order valence-electron chi connectivity index (χ1n) is 6.49. The minimum absolute atomic E-state index is 0.258. The molecule has 0 atom stereocenters. The normalized spacial score (nSPS) is 12.3. The Morgan fingerprint density at radius 1 is 0.778 bits per heavy atom. The molecule has 0 aliphatic heterocycles. The van der Waals surface area contributed by atoms with Gasteiger partial charge >= 0.3 is 0 Å². The minimum Gasteiger partial charge on any atom is -0.198 e. The van der Waals surface area contributed by atoms with Crippen molar-refractivity contribution < 1.29 is 0 Å². The van der Waals surface area contributed by atoms with Crippen molar-refractivity contribution in [3.63, 3.8) is 0 Å². The molecule has 0 aromatic rings. The van der Waals surface area contributed by atoms with Crippen LogP contribution in [-0.2, 0) is 0 Å². The van der Waals surface area contributed by atoms with E-state index < -0.39 is 0 Å². The summed E-state index contributed by atoms with van der Waals surface area (Å²) >= 11 is 0. The fraction of sp³-hybridized carbons (Fsp3) is 0.857. The van der Waals surface area contributed by atoms with Gasteiger partial charge in [-0.05, 0) is 53.4 Å². The van der Waals surface area contributed by atoms with Crippen LogP contribution >= 0.6 is 0 Å². The Labute approximate surface area is 111 Å². The van der Waals surface area contributed by atoms with Crippen molar-refractivity contribution in [3.05, 3.63) is 0 Å². The SMILES string of the molecule is CC(C)(C#N)CCCN=NCCCC(C)(C)C#N. The smallest absolute Gasteiger partial charge is 0.0683 e. The van der Waals surface area contributed by atoms with Crippen molar-refractivity contribution in [3.8, 4) is 12.1 Å². The van der Waals surface area contributed by atoms with E-state index in [-0.39, 0.29) is 10.8 Å². The Kier molecular flexibility index (Phi) is 7.20. The molecule has 4 nitrogen and oxygen atoms in total. The van der Waals surface area contributed by atoms with Crippen molar-refractivity contribution in [2.45, 2.75) is 53.4 Å². The zero-order chi connectivity index (χ0) is 14.1. The molecule has 0 saturated heterocycles. The first-order valence-corrected chi connectivity index (χ1v) is 6.49. The zero-order valence-electron chi connectivity index (χ0n) is 12.0. The highest BCUT2D eigenvalue weighted by Crippen LogP contribution is 2.21. The van der Waals surface area contributed by atoms with Gasteiger partial charge in [0.1, 0.15) is 0 Å². The summed E-state index contributed by atoms with van der Waals surface area (Å²) in [5.74, 6) is 0. The Balaban J connectivity index is 3.58. The molecule has 0 radical (unpaired) electrons. The first-order chi connectivity index (χ1) is 8.33. The molecule has 0 aromatic carbocycles. The molecule has 0 unspecified atom stereocenters. The van der Waals surface area contributed by atoms with Gasteiger partial charge in [-0.1, -0.05) is 0 Å². The average molecular weight is 248 g/mol. The lowest BCUT2D eigenvalue weighted by Crippen LogP contribution is -2.08. The maximum absolute atomic E-state index is 8.84. The highest BCUT2D eigenvalue weighted by atomic mass is 15.1. The molecule has 0 N–H and O–H groups in total. The van der Waals surface area contributed by atoms with E-state index in [0.29, 0.717) is 13.1 Å². The van der Waals surface area contributed by atoms with Gasteiger partial charge in [0.05, 0.1) is 36.1 Å². The van der Waals surface area contributed by atoms with E-state index in [1.807, 2.05) is 27.7 Å². The van der Waals surface area contributed by atoms with Crippen LogP contribution in [0, 0.1) is 33.5 Å². The number of hydrogen-bond acceptors (Lipinski definition) is 4. The van der Waals surface area contributed by atoms with E-state index in [4.69, 9.17) is 10.5 Å². The van der Waals surface area contributed by atoms with Gasteiger partial charge in [0.25, 0.3) is 0 Å². The number of nitriles is 2. The summed E-state index contributed by atoms with van der Waals surface area (Å²) in [5.41, 5.74) is -0.515. The highest BCUT2D eigenvalue weighted by Gasteiger charge is 2.16. The van der Waals surface area contributed by atoms with Crippen LogP contribution in [0.15, 0.2) is 10.2 Å². The molecule has 0 aliphatic carbocycles. The molecule has 0 saturated carbocycles. The van der Waals surface area contributed by atoms with E-state index >= 15 is 0 Å². The predicted octanol–water partition coefficient (Wildman–Crippen LogP) is 4.10. The van der Waals surface area contributed by atoms with E-state index in [0.717, 1.165) is 25.7 Å². The summed E-state index contributed by atoms with van der Waals surface area (Å²) in [4.78, 5) is 0. The maximum atomic E-state index is 8.84. The van der Waals surface area contributed by atoms with Crippen molar-refractivity contribution in [2.75, 3.05) is 13.1 Å². The number of rotatable bonds is 8. The quantitative estimate of drug-likeness (QED) is 0.479. The molecule has 0 rings (SSSR count). The molecule has 0 spiro atoms. The van der Waals surface area contributed by atoms with Gasteiger partial charge in [-0.3, -0.25) is 0 Å². The molecule has 4 heteroatoms. The van der Waals surface area contributed by atoms with Crippen LogP contribution in [-0.4, -0.2) is 13.1 Å². The summed E-state index contributed by atoms with van der Waals surface area (Å²) < 4.78 is 0. The first kappa shape index (κ1) is 16.6. The molecule has 0 fully saturated rings. The molecule has 0 heterocycles.